The van der Waals surface area contributed by atoms with Crippen LogP contribution in [0, 0.1) is 2.88 Å². The fourth-order valence-electron chi connectivity index (χ4n) is 1.86. The van der Waals surface area contributed by atoms with E-state index in [0.29, 0.717) is 6.04 Å². The van der Waals surface area contributed by atoms with Gasteiger partial charge in [0.05, 0.1) is 2.88 Å². The van der Waals surface area contributed by atoms with Gasteiger partial charge in [0, 0.05) is 24.4 Å². The molecule has 0 aliphatic carbocycles. The van der Waals surface area contributed by atoms with Crippen LogP contribution in [0.4, 0.5) is 0 Å². The molecule has 18 heavy (non-hydrogen) atoms. The van der Waals surface area contributed by atoms with Crippen LogP contribution in [-0.4, -0.2) is 11.5 Å². The lowest BCUT2D eigenvalue weighted by Gasteiger charge is -2.17. The van der Waals surface area contributed by atoms with Gasteiger partial charge in [0.15, 0.2) is 0 Å². The topological polar surface area (TPSA) is 24.9 Å². The van der Waals surface area contributed by atoms with Crippen LogP contribution in [0.25, 0.3) is 0 Å². The van der Waals surface area contributed by atoms with Crippen molar-refractivity contribution in [1.29, 1.82) is 0 Å². The highest BCUT2D eigenvalue weighted by Crippen LogP contribution is 2.24. The van der Waals surface area contributed by atoms with Crippen LogP contribution in [0.5, 0.6) is 0 Å². The van der Waals surface area contributed by atoms with Gasteiger partial charge in [-0.25, -0.2) is 0 Å². The molecule has 0 saturated carbocycles. The van der Waals surface area contributed by atoms with Crippen molar-refractivity contribution in [1.82, 2.24) is 10.3 Å². The van der Waals surface area contributed by atoms with Crippen molar-refractivity contribution in [2.45, 2.75) is 25.8 Å². The van der Waals surface area contributed by atoms with Crippen LogP contribution in [0.3, 0.4) is 0 Å². The zero-order valence-electron chi connectivity index (χ0n) is 10.4. The molecule has 2 rings (SSSR count). The highest BCUT2D eigenvalue weighted by Gasteiger charge is 2.13. The standard InChI is InChI=1S/C14H17IN2S/c1-2-6-17-13(11-8-14(15)18-10-11)9-12-5-3-4-7-16-12/h3-5,7-8,10,13,17H,2,6,9H2,1H3. The molecular formula is C14H17IN2S. The number of nitrogens with one attached hydrogen (secondary N) is 1. The maximum Gasteiger partial charge on any atom is 0.0656 e. The molecule has 0 saturated heterocycles. The Bertz CT molecular complexity index is 470. The molecule has 2 heterocycles. The highest BCUT2D eigenvalue weighted by atomic mass is 127. The van der Waals surface area contributed by atoms with E-state index >= 15 is 0 Å². The second-order valence-corrected chi connectivity index (χ2v) is 7.02. The Morgan fingerprint density at radius 2 is 2.33 bits per heavy atom. The minimum absolute atomic E-state index is 0.375. The van der Waals surface area contributed by atoms with Crippen molar-refractivity contribution < 1.29 is 0 Å². The summed E-state index contributed by atoms with van der Waals surface area (Å²) >= 11 is 4.18. The fraction of sp³-hybridized carbons (Fsp3) is 0.357. The minimum atomic E-state index is 0.375. The van der Waals surface area contributed by atoms with Gasteiger partial charge in [-0.15, -0.1) is 11.3 Å². The second-order valence-electron chi connectivity index (χ2n) is 4.22. The number of rotatable bonds is 6. The average Bonchev–Trinajstić information content (AvgIpc) is 2.82. The van der Waals surface area contributed by atoms with Crippen LogP contribution in [-0.2, 0) is 6.42 Å². The van der Waals surface area contributed by atoms with E-state index in [1.165, 1.54) is 8.45 Å². The monoisotopic (exact) mass is 372 g/mol. The lowest BCUT2D eigenvalue weighted by Crippen LogP contribution is -2.24. The Morgan fingerprint density at radius 3 is 2.94 bits per heavy atom. The number of halogens is 1. The van der Waals surface area contributed by atoms with Crippen LogP contribution in [0.2, 0.25) is 0 Å². The third kappa shape index (κ3) is 4.03. The zero-order chi connectivity index (χ0) is 12.8. The first kappa shape index (κ1) is 14.0. The average molecular weight is 372 g/mol. The lowest BCUT2D eigenvalue weighted by atomic mass is 10.0. The van der Waals surface area contributed by atoms with E-state index in [0.717, 1.165) is 25.1 Å². The van der Waals surface area contributed by atoms with Crippen molar-refractivity contribution in [3.63, 3.8) is 0 Å². The predicted octanol–water partition coefficient (Wildman–Crippen LogP) is 4.03. The largest absolute Gasteiger partial charge is 0.310 e. The first-order valence-corrected chi connectivity index (χ1v) is 8.12. The summed E-state index contributed by atoms with van der Waals surface area (Å²) in [4.78, 5) is 4.42. The summed E-state index contributed by atoms with van der Waals surface area (Å²) in [5.74, 6) is 0. The number of hydrogen-bond acceptors (Lipinski definition) is 3. The number of nitrogens with zero attached hydrogens (tertiary/aromatic N) is 1. The number of aromatic nitrogens is 1. The van der Waals surface area contributed by atoms with E-state index in [-0.39, 0.29) is 0 Å². The molecule has 0 aliphatic rings. The van der Waals surface area contributed by atoms with Crippen LogP contribution < -0.4 is 5.32 Å². The van der Waals surface area contributed by atoms with E-state index in [1.54, 1.807) is 11.3 Å². The number of pyridine rings is 1. The van der Waals surface area contributed by atoms with Gasteiger partial charge >= 0.3 is 0 Å². The van der Waals surface area contributed by atoms with Crippen molar-refractivity contribution in [3.8, 4) is 0 Å². The summed E-state index contributed by atoms with van der Waals surface area (Å²) in [7, 11) is 0. The number of thiophene rings is 1. The fourth-order valence-corrected chi connectivity index (χ4v) is 3.29. The third-order valence-electron chi connectivity index (χ3n) is 2.77. The Kier molecular flexibility index (Phi) is 5.59. The molecule has 0 fully saturated rings. The Morgan fingerprint density at radius 1 is 1.44 bits per heavy atom. The van der Waals surface area contributed by atoms with Gasteiger partial charge < -0.3 is 5.32 Å². The van der Waals surface area contributed by atoms with Crippen LogP contribution in [0.1, 0.15) is 30.6 Å². The molecule has 1 atom stereocenters. The summed E-state index contributed by atoms with van der Waals surface area (Å²) < 4.78 is 1.34. The second kappa shape index (κ2) is 7.21. The molecule has 2 aromatic heterocycles. The normalized spacial score (nSPS) is 12.6. The van der Waals surface area contributed by atoms with Gasteiger partial charge in [-0.2, -0.15) is 0 Å². The van der Waals surface area contributed by atoms with Crippen molar-refractivity contribution in [3.05, 3.63) is 50.0 Å². The third-order valence-corrected chi connectivity index (χ3v) is 4.58. The van der Waals surface area contributed by atoms with Crippen molar-refractivity contribution in [2.75, 3.05) is 6.54 Å². The molecule has 1 unspecified atom stereocenters. The maximum absolute atomic E-state index is 4.42. The highest BCUT2D eigenvalue weighted by molar-refractivity contribution is 14.1. The molecule has 2 aromatic rings. The molecule has 0 radical (unpaired) electrons. The van der Waals surface area contributed by atoms with Gasteiger partial charge in [0.2, 0.25) is 0 Å². The summed E-state index contributed by atoms with van der Waals surface area (Å²) in [6, 6.07) is 8.75. The first-order valence-electron chi connectivity index (χ1n) is 6.17. The summed E-state index contributed by atoms with van der Waals surface area (Å²) in [6.07, 6.45) is 3.97. The molecule has 96 valence electrons. The minimum Gasteiger partial charge on any atom is -0.310 e. The molecule has 4 heteroatoms. The van der Waals surface area contributed by atoms with Crippen LogP contribution in [0.15, 0.2) is 35.8 Å². The van der Waals surface area contributed by atoms with Gasteiger partial charge in [0.1, 0.15) is 0 Å². The molecule has 1 N–H and O–H groups in total. The van der Waals surface area contributed by atoms with Gasteiger partial charge in [-0.3, -0.25) is 4.98 Å². The van der Waals surface area contributed by atoms with Crippen molar-refractivity contribution >= 4 is 33.9 Å². The number of hydrogen-bond donors (Lipinski definition) is 1. The molecule has 2 nitrogen and oxygen atoms in total. The Labute approximate surface area is 126 Å². The van der Waals surface area contributed by atoms with Gasteiger partial charge in [-0.1, -0.05) is 13.0 Å². The van der Waals surface area contributed by atoms with Gasteiger partial charge in [0.25, 0.3) is 0 Å². The van der Waals surface area contributed by atoms with E-state index in [2.05, 4.69) is 63.4 Å². The van der Waals surface area contributed by atoms with E-state index in [9.17, 15) is 0 Å². The predicted molar refractivity (Wildman–Crippen MR) is 86.0 cm³/mol. The first-order chi connectivity index (χ1) is 8.79. The molecule has 0 aromatic carbocycles. The Balaban J connectivity index is 2.10. The Hall–Kier alpha value is -0.460. The maximum atomic E-state index is 4.42. The molecule has 0 amide bonds. The molecule has 0 aliphatic heterocycles. The molecule has 0 spiro atoms. The quantitative estimate of drug-likeness (QED) is 0.775. The van der Waals surface area contributed by atoms with E-state index < -0.39 is 0 Å². The summed E-state index contributed by atoms with van der Waals surface area (Å²) in [5.41, 5.74) is 2.52. The molecule has 0 bridgehead atoms. The van der Waals surface area contributed by atoms with E-state index in [1.807, 2.05) is 12.3 Å². The lowest BCUT2D eigenvalue weighted by molar-refractivity contribution is 0.525. The van der Waals surface area contributed by atoms with Gasteiger partial charge in [-0.05, 0) is 64.7 Å². The van der Waals surface area contributed by atoms with Crippen LogP contribution >= 0.6 is 33.9 Å². The smallest absolute Gasteiger partial charge is 0.0656 e. The molecular weight excluding hydrogens is 355 g/mol. The zero-order valence-corrected chi connectivity index (χ0v) is 13.4. The van der Waals surface area contributed by atoms with Crippen molar-refractivity contribution in [2.24, 2.45) is 0 Å². The van der Waals surface area contributed by atoms with E-state index in [4.69, 9.17) is 0 Å². The summed E-state index contributed by atoms with van der Waals surface area (Å²) in [6.45, 7) is 3.24. The summed E-state index contributed by atoms with van der Waals surface area (Å²) in [5, 5.41) is 5.86. The SMILES string of the molecule is CCCNC(Cc1ccccn1)c1csc(I)c1.